The Balaban J connectivity index is 2.30. The number of rotatable bonds is 2. The zero-order valence-corrected chi connectivity index (χ0v) is 11.2. The van der Waals surface area contributed by atoms with Crippen LogP contribution < -0.4 is 5.32 Å². The fourth-order valence-corrected chi connectivity index (χ4v) is 2.71. The molecular formula is C15H21N3. The molecule has 1 heterocycles. The Morgan fingerprint density at radius 3 is 2.61 bits per heavy atom. The molecule has 1 aromatic rings. The predicted molar refractivity (Wildman–Crippen MR) is 73.3 cm³/mol. The van der Waals surface area contributed by atoms with E-state index in [0.29, 0.717) is 0 Å². The molecule has 0 bridgehead atoms. The van der Waals surface area contributed by atoms with Gasteiger partial charge in [0.05, 0.1) is 6.07 Å². The van der Waals surface area contributed by atoms with E-state index in [2.05, 4.69) is 48.3 Å². The zero-order valence-electron chi connectivity index (χ0n) is 11.2. The Bertz CT molecular complexity index is 419. The quantitative estimate of drug-likeness (QED) is 0.865. The van der Waals surface area contributed by atoms with Gasteiger partial charge in [-0.05, 0) is 43.5 Å². The third kappa shape index (κ3) is 2.72. The molecule has 1 unspecified atom stereocenters. The number of nitriles is 1. The SMILES string of the molecule is Cc1cccc(C)c1C(C#N)N1CCCNCC1. The molecular weight excluding hydrogens is 222 g/mol. The van der Waals surface area contributed by atoms with Crippen molar-refractivity contribution in [3.8, 4) is 6.07 Å². The van der Waals surface area contributed by atoms with E-state index < -0.39 is 0 Å². The first-order chi connectivity index (χ1) is 8.74. The van der Waals surface area contributed by atoms with E-state index in [-0.39, 0.29) is 6.04 Å². The van der Waals surface area contributed by atoms with Gasteiger partial charge < -0.3 is 5.32 Å². The molecule has 0 aliphatic carbocycles. The van der Waals surface area contributed by atoms with Crippen LogP contribution in [0.3, 0.4) is 0 Å². The fourth-order valence-electron chi connectivity index (χ4n) is 2.71. The van der Waals surface area contributed by atoms with E-state index in [1.807, 2.05) is 0 Å². The van der Waals surface area contributed by atoms with E-state index in [0.717, 1.165) is 32.6 Å². The molecule has 0 aromatic heterocycles. The van der Waals surface area contributed by atoms with Gasteiger partial charge in [0.25, 0.3) is 0 Å². The number of benzene rings is 1. The molecule has 1 N–H and O–H groups in total. The second-order valence-electron chi connectivity index (χ2n) is 4.98. The van der Waals surface area contributed by atoms with Crippen molar-refractivity contribution in [1.82, 2.24) is 10.2 Å². The van der Waals surface area contributed by atoms with E-state index in [1.54, 1.807) is 0 Å². The first-order valence-corrected chi connectivity index (χ1v) is 6.64. The van der Waals surface area contributed by atoms with Crippen LogP contribution in [0.4, 0.5) is 0 Å². The Kier molecular flexibility index (Phi) is 4.35. The highest BCUT2D eigenvalue weighted by molar-refractivity contribution is 5.39. The Labute approximate surface area is 109 Å². The lowest BCUT2D eigenvalue weighted by Crippen LogP contribution is -2.32. The minimum absolute atomic E-state index is 0.105. The lowest BCUT2D eigenvalue weighted by atomic mass is 9.95. The molecule has 1 aliphatic heterocycles. The van der Waals surface area contributed by atoms with Crippen LogP contribution in [-0.4, -0.2) is 31.1 Å². The van der Waals surface area contributed by atoms with Crippen molar-refractivity contribution < 1.29 is 0 Å². The van der Waals surface area contributed by atoms with Gasteiger partial charge in [0.15, 0.2) is 0 Å². The van der Waals surface area contributed by atoms with Gasteiger partial charge in [-0.15, -0.1) is 0 Å². The number of hydrogen-bond donors (Lipinski definition) is 1. The zero-order chi connectivity index (χ0) is 13.0. The van der Waals surface area contributed by atoms with Crippen molar-refractivity contribution in [2.75, 3.05) is 26.2 Å². The molecule has 1 saturated heterocycles. The summed E-state index contributed by atoms with van der Waals surface area (Å²) in [6.07, 6.45) is 1.11. The number of aryl methyl sites for hydroxylation is 2. The Morgan fingerprint density at radius 1 is 1.22 bits per heavy atom. The summed E-state index contributed by atoms with van der Waals surface area (Å²) in [7, 11) is 0. The van der Waals surface area contributed by atoms with Crippen molar-refractivity contribution in [2.24, 2.45) is 0 Å². The molecule has 0 spiro atoms. The standard InChI is InChI=1S/C15H21N3/c1-12-5-3-6-13(2)15(12)14(11-16)18-9-4-7-17-8-10-18/h3,5-6,14,17H,4,7-10H2,1-2H3. The third-order valence-corrected chi connectivity index (χ3v) is 3.68. The second-order valence-corrected chi connectivity index (χ2v) is 4.98. The normalized spacial score (nSPS) is 18.9. The van der Waals surface area contributed by atoms with Gasteiger partial charge in [-0.1, -0.05) is 18.2 Å². The molecule has 3 heteroatoms. The van der Waals surface area contributed by atoms with Crippen LogP contribution in [0.1, 0.15) is 29.2 Å². The molecule has 3 nitrogen and oxygen atoms in total. The molecule has 0 radical (unpaired) electrons. The molecule has 0 amide bonds. The second kappa shape index (κ2) is 5.99. The number of nitrogens with zero attached hydrogens (tertiary/aromatic N) is 2. The van der Waals surface area contributed by atoms with Gasteiger partial charge in [-0.3, -0.25) is 4.90 Å². The van der Waals surface area contributed by atoms with E-state index in [1.165, 1.54) is 16.7 Å². The van der Waals surface area contributed by atoms with Crippen LogP contribution in [0.25, 0.3) is 0 Å². The van der Waals surface area contributed by atoms with Gasteiger partial charge in [0.2, 0.25) is 0 Å². The molecule has 1 fully saturated rings. The van der Waals surface area contributed by atoms with Crippen LogP contribution in [0.15, 0.2) is 18.2 Å². The summed E-state index contributed by atoms with van der Waals surface area (Å²) in [5, 5.41) is 12.9. The Morgan fingerprint density at radius 2 is 1.94 bits per heavy atom. The average molecular weight is 243 g/mol. The molecule has 2 rings (SSSR count). The minimum Gasteiger partial charge on any atom is -0.315 e. The summed E-state index contributed by atoms with van der Waals surface area (Å²) < 4.78 is 0. The van der Waals surface area contributed by atoms with Crippen molar-refractivity contribution in [1.29, 1.82) is 5.26 Å². The van der Waals surface area contributed by atoms with Crippen LogP contribution in [0, 0.1) is 25.2 Å². The van der Waals surface area contributed by atoms with Gasteiger partial charge in [0.1, 0.15) is 6.04 Å². The topological polar surface area (TPSA) is 39.1 Å². The van der Waals surface area contributed by atoms with Gasteiger partial charge in [-0.25, -0.2) is 0 Å². The van der Waals surface area contributed by atoms with E-state index in [9.17, 15) is 5.26 Å². The first-order valence-electron chi connectivity index (χ1n) is 6.64. The average Bonchev–Trinajstić information content (AvgIpc) is 2.63. The van der Waals surface area contributed by atoms with Crippen molar-refractivity contribution >= 4 is 0 Å². The van der Waals surface area contributed by atoms with Crippen LogP contribution in [0.5, 0.6) is 0 Å². The first kappa shape index (κ1) is 13.1. The van der Waals surface area contributed by atoms with Gasteiger partial charge >= 0.3 is 0 Å². The largest absolute Gasteiger partial charge is 0.315 e. The highest BCUT2D eigenvalue weighted by Crippen LogP contribution is 2.26. The predicted octanol–water partition coefficient (Wildman–Crippen LogP) is 2.16. The summed E-state index contributed by atoms with van der Waals surface area (Å²) in [5.74, 6) is 0. The monoisotopic (exact) mass is 243 g/mol. The van der Waals surface area contributed by atoms with E-state index >= 15 is 0 Å². The summed E-state index contributed by atoms with van der Waals surface area (Å²) in [6.45, 7) is 8.18. The van der Waals surface area contributed by atoms with Crippen LogP contribution in [-0.2, 0) is 0 Å². The van der Waals surface area contributed by atoms with E-state index in [4.69, 9.17) is 0 Å². The minimum atomic E-state index is -0.105. The van der Waals surface area contributed by atoms with Crippen molar-refractivity contribution in [2.45, 2.75) is 26.3 Å². The lowest BCUT2D eigenvalue weighted by molar-refractivity contribution is 0.251. The van der Waals surface area contributed by atoms with Crippen LogP contribution in [0.2, 0.25) is 0 Å². The molecule has 18 heavy (non-hydrogen) atoms. The summed E-state index contributed by atoms with van der Waals surface area (Å²) in [4.78, 5) is 2.30. The molecule has 1 aliphatic rings. The highest BCUT2D eigenvalue weighted by atomic mass is 15.2. The Hall–Kier alpha value is -1.37. The highest BCUT2D eigenvalue weighted by Gasteiger charge is 2.23. The van der Waals surface area contributed by atoms with Crippen molar-refractivity contribution in [3.63, 3.8) is 0 Å². The van der Waals surface area contributed by atoms with Gasteiger partial charge in [-0.2, -0.15) is 5.26 Å². The van der Waals surface area contributed by atoms with Gasteiger partial charge in [0, 0.05) is 19.6 Å². The fraction of sp³-hybridized carbons (Fsp3) is 0.533. The number of nitrogens with one attached hydrogen (secondary N) is 1. The molecule has 1 atom stereocenters. The third-order valence-electron chi connectivity index (χ3n) is 3.68. The van der Waals surface area contributed by atoms with Crippen LogP contribution >= 0.6 is 0 Å². The molecule has 1 aromatic carbocycles. The summed E-state index contributed by atoms with van der Waals surface area (Å²) >= 11 is 0. The number of hydrogen-bond acceptors (Lipinski definition) is 3. The van der Waals surface area contributed by atoms with Crippen molar-refractivity contribution in [3.05, 3.63) is 34.9 Å². The lowest BCUT2D eigenvalue weighted by Gasteiger charge is -2.27. The summed E-state index contributed by atoms with van der Waals surface area (Å²) in [5.41, 5.74) is 3.64. The smallest absolute Gasteiger partial charge is 0.124 e. The molecule has 0 saturated carbocycles. The molecule has 96 valence electrons. The maximum Gasteiger partial charge on any atom is 0.124 e. The summed E-state index contributed by atoms with van der Waals surface area (Å²) in [6, 6.07) is 8.65. The maximum atomic E-state index is 9.56. The maximum absolute atomic E-state index is 9.56.